The average Bonchev–Trinajstić information content (AvgIpc) is 2.98. The largest absolute Gasteiger partial charge is 0.0628 e. The Bertz CT molecular complexity index is 506. The van der Waals surface area contributed by atoms with E-state index in [4.69, 9.17) is 0 Å². The zero-order chi connectivity index (χ0) is 19.2. The molecule has 0 bridgehead atoms. The first-order valence-electron chi connectivity index (χ1n) is 12.9. The van der Waals surface area contributed by atoms with Crippen LogP contribution in [0.25, 0.3) is 0 Å². The van der Waals surface area contributed by atoms with Crippen LogP contribution in [0, 0.1) is 52.3 Å². The molecule has 4 saturated carbocycles. The van der Waals surface area contributed by atoms with Gasteiger partial charge in [-0.15, -0.1) is 0 Å². The summed E-state index contributed by atoms with van der Waals surface area (Å²) in [5.41, 5.74) is 1.39. The van der Waals surface area contributed by atoms with Gasteiger partial charge in [0.15, 0.2) is 0 Å². The summed E-state index contributed by atoms with van der Waals surface area (Å²) in [4.78, 5) is 0. The molecule has 0 N–H and O–H groups in total. The van der Waals surface area contributed by atoms with Gasteiger partial charge in [-0.05, 0) is 104 Å². The van der Waals surface area contributed by atoms with E-state index in [9.17, 15) is 0 Å². The van der Waals surface area contributed by atoms with Crippen LogP contribution in [0.3, 0.4) is 0 Å². The van der Waals surface area contributed by atoms with E-state index in [-0.39, 0.29) is 0 Å². The fraction of sp³-hybridized carbons (Fsp3) is 1.00. The maximum absolute atomic E-state index is 2.75. The van der Waals surface area contributed by atoms with Crippen molar-refractivity contribution < 1.29 is 0 Å². The fourth-order valence-corrected chi connectivity index (χ4v) is 9.32. The first-order valence-corrected chi connectivity index (χ1v) is 12.9. The van der Waals surface area contributed by atoms with Gasteiger partial charge in [0.2, 0.25) is 0 Å². The van der Waals surface area contributed by atoms with Crippen molar-refractivity contribution in [1.82, 2.24) is 0 Å². The first kappa shape index (κ1) is 20.3. The molecule has 0 nitrogen and oxygen atoms in total. The van der Waals surface area contributed by atoms with Crippen LogP contribution in [-0.4, -0.2) is 0 Å². The van der Waals surface area contributed by atoms with E-state index in [2.05, 4.69) is 34.6 Å². The highest BCUT2D eigenvalue weighted by Crippen LogP contribution is 2.68. The van der Waals surface area contributed by atoms with Crippen LogP contribution in [-0.2, 0) is 0 Å². The van der Waals surface area contributed by atoms with Crippen LogP contribution >= 0.6 is 0 Å². The number of hydrogen-bond donors (Lipinski definition) is 0. The van der Waals surface area contributed by atoms with Crippen LogP contribution < -0.4 is 0 Å². The Balaban J connectivity index is 1.46. The molecule has 0 heterocycles. The molecule has 0 spiro atoms. The highest BCUT2D eigenvalue weighted by atomic mass is 14.6. The van der Waals surface area contributed by atoms with Crippen LogP contribution in [0.4, 0.5) is 0 Å². The van der Waals surface area contributed by atoms with Gasteiger partial charge in [0.05, 0.1) is 0 Å². The van der Waals surface area contributed by atoms with E-state index >= 15 is 0 Å². The molecule has 0 aromatic carbocycles. The molecule has 0 saturated heterocycles. The second kappa shape index (κ2) is 7.68. The second-order valence-corrected chi connectivity index (χ2v) is 12.4. The molecule has 0 amide bonds. The average molecular weight is 373 g/mol. The summed E-state index contributed by atoms with van der Waals surface area (Å²) >= 11 is 0. The zero-order valence-corrected chi connectivity index (χ0v) is 19.2. The van der Waals surface area contributed by atoms with Crippen LogP contribution in [0.2, 0.25) is 0 Å². The summed E-state index contributed by atoms with van der Waals surface area (Å²) in [5.74, 6) is 7.15. The molecular formula is C27H48. The third-order valence-electron chi connectivity index (χ3n) is 10.8. The van der Waals surface area contributed by atoms with Crippen LogP contribution in [0.1, 0.15) is 118 Å². The molecular weight excluding hydrogens is 324 g/mol. The minimum atomic E-state index is 0.677. The van der Waals surface area contributed by atoms with Crippen molar-refractivity contribution in [2.75, 3.05) is 0 Å². The minimum absolute atomic E-state index is 0.677. The fourth-order valence-electron chi connectivity index (χ4n) is 9.32. The van der Waals surface area contributed by atoms with Crippen LogP contribution in [0.5, 0.6) is 0 Å². The third-order valence-corrected chi connectivity index (χ3v) is 10.8. The van der Waals surface area contributed by atoms with Crippen molar-refractivity contribution in [3.63, 3.8) is 0 Å². The molecule has 0 aliphatic heterocycles. The predicted molar refractivity (Wildman–Crippen MR) is 118 cm³/mol. The lowest BCUT2D eigenvalue weighted by Gasteiger charge is -2.61. The molecule has 4 aliphatic carbocycles. The Morgan fingerprint density at radius 1 is 0.741 bits per heavy atom. The Hall–Kier alpha value is 0. The predicted octanol–water partition coefficient (Wildman–Crippen LogP) is 8.50. The maximum Gasteiger partial charge on any atom is -0.0264 e. The molecule has 8 atom stereocenters. The van der Waals surface area contributed by atoms with Gasteiger partial charge in [-0.1, -0.05) is 66.7 Å². The molecule has 4 rings (SSSR count). The smallest absolute Gasteiger partial charge is 0.0264 e. The number of hydrogen-bond acceptors (Lipinski definition) is 0. The summed E-state index contributed by atoms with van der Waals surface area (Å²) < 4.78 is 0. The molecule has 4 aliphatic rings. The number of fused-ring (bicyclic) bond motifs is 5. The molecule has 0 heteroatoms. The summed E-state index contributed by atoms with van der Waals surface area (Å²) in [7, 11) is 0. The van der Waals surface area contributed by atoms with E-state index in [1.165, 1.54) is 32.1 Å². The summed E-state index contributed by atoms with van der Waals surface area (Å²) in [6.45, 7) is 12.9. The summed E-state index contributed by atoms with van der Waals surface area (Å²) in [5, 5.41) is 0. The van der Waals surface area contributed by atoms with E-state index in [1.807, 2.05) is 0 Å². The summed E-state index contributed by atoms with van der Waals surface area (Å²) in [6.07, 6.45) is 19.9. The van der Waals surface area contributed by atoms with E-state index in [1.54, 1.807) is 51.4 Å². The normalized spacial score (nSPS) is 48.0. The van der Waals surface area contributed by atoms with Crippen LogP contribution in [0.15, 0.2) is 0 Å². The highest BCUT2D eigenvalue weighted by Gasteiger charge is 2.59. The first-order chi connectivity index (χ1) is 12.9. The van der Waals surface area contributed by atoms with Gasteiger partial charge in [0, 0.05) is 0 Å². The lowest BCUT2D eigenvalue weighted by Crippen LogP contribution is -2.53. The van der Waals surface area contributed by atoms with E-state index < -0.39 is 0 Å². The Morgan fingerprint density at radius 2 is 1.52 bits per heavy atom. The van der Waals surface area contributed by atoms with Crippen molar-refractivity contribution in [1.29, 1.82) is 0 Å². The van der Waals surface area contributed by atoms with Gasteiger partial charge in [0.1, 0.15) is 0 Å². The lowest BCUT2D eigenvalue weighted by atomic mass is 9.44. The van der Waals surface area contributed by atoms with Gasteiger partial charge < -0.3 is 0 Å². The molecule has 156 valence electrons. The zero-order valence-electron chi connectivity index (χ0n) is 19.2. The second-order valence-electron chi connectivity index (χ2n) is 12.4. The van der Waals surface area contributed by atoms with Crippen molar-refractivity contribution in [2.24, 2.45) is 52.3 Å². The summed E-state index contributed by atoms with van der Waals surface area (Å²) in [6, 6.07) is 0. The van der Waals surface area contributed by atoms with Crippen molar-refractivity contribution in [3.8, 4) is 0 Å². The monoisotopic (exact) mass is 372 g/mol. The van der Waals surface area contributed by atoms with Crippen molar-refractivity contribution in [2.45, 2.75) is 118 Å². The molecule has 4 fully saturated rings. The van der Waals surface area contributed by atoms with E-state index in [0.29, 0.717) is 10.8 Å². The Kier molecular flexibility index (Phi) is 5.77. The minimum Gasteiger partial charge on any atom is -0.0628 e. The van der Waals surface area contributed by atoms with Gasteiger partial charge in [-0.2, -0.15) is 0 Å². The quantitative estimate of drug-likeness (QED) is 0.453. The molecule has 0 radical (unpaired) electrons. The van der Waals surface area contributed by atoms with E-state index in [0.717, 1.165) is 41.4 Å². The van der Waals surface area contributed by atoms with Gasteiger partial charge in [-0.3, -0.25) is 0 Å². The van der Waals surface area contributed by atoms with Gasteiger partial charge in [0.25, 0.3) is 0 Å². The van der Waals surface area contributed by atoms with Gasteiger partial charge in [-0.25, -0.2) is 0 Å². The van der Waals surface area contributed by atoms with Crippen molar-refractivity contribution >= 4 is 0 Å². The Labute approximate surface area is 170 Å². The van der Waals surface area contributed by atoms with Gasteiger partial charge >= 0.3 is 0 Å². The Morgan fingerprint density at radius 3 is 2.30 bits per heavy atom. The maximum atomic E-state index is 2.75. The molecule has 27 heavy (non-hydrogen) atoms. The topological polar surface area (TPSA) is 0 Å². The number of rotatable bonds is 5. The highest BCUT2D eigenvalue weighted by molar-refractivity contribution is 5.09. The molecule has 0 aromatic rings. The van der Waals surface area contributed by atoms with Crippen molar-refractivity contribution in [3.05, 3.63) is 0 Å². The lowest BCUT2D eigenvalue weighted by molar-refractivity contribution is -0.114. The molecule has 0 aromatic heterocycles. The SMILES string of the molecule is CC(C)CCCC(C)C1CCC2C3CC[C@H]4CCCC[C@]4(C)C3CC[C@]12C. The molecule has 5 unspecified atom stereocenters. The third kappa shape index (κ3) is 3.44. The standard InChI is InChI=1S/C27H48/c1-19(2)9-8-10-20(3)23-14-15-24-22-13-12-21-11-6-7-17-26(21,4)25(22)16-18-27(23,24)5/h19-25H,6-18H2,1-5H3/t20?,21-,22?,23?,24?,25?,26+,27-/m1/s1.